The van der Waals surface area contributed by atoms with Gasteiger partial charge in [0, 0.05) is 12.6 Å². The summed E-state index contributed by atoms with van der Waals surface area (Å²) in [6.45, 7) is 7.96. The molecule has 0 aliphatic carbocycles. The topological polar surface area (TPSA) is 21.3 Å². The van der Waals surface area contributed by atoms with E-state index in [0.29, 0.717) is 12.6 Å². The van der Waals surface area contributed by atoms with Gasteiger partial charge < -0.3 is 10.1 Å². The van der Waals surface area contributed by atoms with E-state index in [2.05, 4.69) is 74.6 Å². The second-order valence-electron chi connectivity index (χ2n) is 5.67. The normalized spacial score (nSPS) is 12.6. The maximum Gasteiger partial charge on any atom is 0.0801 e. The quantitative estimate of drug-likeness (QED) is 0.810. The van der Waals surface area contributed by atoms with Gasteiger partial charge in [-0.1, -0.05) is 68.4 Å². The van der Waals surface area contributed by atoms with Crippen LogP contribution in [0.1, 0.15) is 43.6 Å². The third-order valence-corrected chi connectivity index (χ3v) is 3.58. The van der Waals surface area contributed by atoms with Crippen molar-refractivity contribution in [1.82, 2.24) is 5.32 Å². The van der Waals surface area contributed by atoms with E-state index >= 15 is 0 Å². The average Bonchev–Trinajstić information content (AvgIpc) is 2.52. The van der Waals surface area contributed by atoms with Gasteiger partial charge in [0.15, 0.2) is 0 Å². The Morgan fingerprint density at radius 1 is 0.857 bits per heavy atom. The van der Waals surface area contributed by atoms with E-state index in [0.717, 1.165) is 6.54 Å². The molecular weight excluding hydrogens is 258 g/mol. The summed E-state index contributed by atoms with van der Waals surface area (Å²) in [6.07, 6.45) is 0.109. The molecule has 0 aliphatic rings. The van der Waals surface area contributed by atoms with Crippen molar-refractivity contribution in [3.63, 3.8) is 0 Å². The van der Waals surface area contributed by atoms with Crippen molar-refractivity contribution < 1.29 is 4.74 Å². The summed E-state index contributed by atoms with van der Waals surface area (Å²) in [5.41, 5.74) is 3.79. The van der Waals surface area contributed by atoms with Crippen molar-refractivity contribution in [2.75, 3.05) is 0 Å². The summed E-state index contributed by atoms with van der Waals surface area (Å²) >= 11 is 0. The highest BCUT2D eigenvalue weighted by Gasteiger charge is 2.08. The van der Waals surface area contributed by atoms with Crippen LogP contribution in [0.5, 0.6) is 0 Å². The Morgan fingerprint density at radius 3 is 2.14 bits per heavy atom. The smallest absolute Gasteiger partial charge is 0.0801 e. The highest BCUT2D eigenvalue weighted by atomic mass is 16.5. The molecule has 2 aromatic carbocycles. The van der Waals surface area contributed by atoms with E-state index in [9.17, 15) is 0 Å². The van der Waals surface area contributed by atoms with Gasteiger partial charge in [0.2, 0.25) is 0 Å². The van der Waals surface area contributed by atoms with E-state index < -0.39 is 0 Å². The van der Waals surface area contributed by atoms with E-state index in [1.807, 2.05) is 6.07 Å². The van der Waals surface area contributed by atoms with E-state index in [4.69, 9.17) is 4.74 Å². The second kappa shape index (κ2) is 7.96. The molecule has 1 N–H and O–H groups in total. The van der Waals surface area contributed by atoms with Gasteiger partial charge >= 0.3 is 0 Å². The minimum Gasteiger partial charge on any atom is -0.369 e. The van der Waals surface area contributed by atoms with Gasteiger partial charge in [-0.2, -0.15) is 0 Å². The zero-order valence-corrected chi connectivity index (χ0v) is 13.2. The molecule has 1 unspecified atom stereocenters. The van der Waals surface area contributed by atoms with Gasteiger partial charge in [0.1, 0.15) is 0 Å². The van der Waals surface area contributed by atoms with Crippen LogP contribution >= 0.6 is 0 Å². The molecule has 0 amide bonds. The minimum absolute atomic E-state index is 0.109. The molecule has 2 rings (SSSR count). The number of ether oxygens (including phenoxy) is 1. The first-order valence-electron chi connectivity index (χ1n) is 7.63. The third-order valence-electron chi connectivity index (χ3n) is 3.58. The molecule has 2 aromatic rings. The number of nitrogens with one attached hydrogen (secondary N) is 1. The lowest BCUT2D eigenvalue weighted by atomic mass is 10.1. The Bertz CT molecular complexity index is 536. The van der Waals surface area contributed by atoms with Gasteiger partial charge in [-0.05, 0) is 23.6 Å². The second-order valence-corrected chi connectivity index (χ2v) is 5.67. The fourth-order valence-corrected chi connectivity index (χ4v) is 2.22. The number of hydrogen-bond acceptors (Lipinski definition) is 2. The first kappa shape index (κ1) is 15.7. The Labute approximate surface area is 128 Å². The van der Waals surface area contributed by atoms with E-state index in [1.165, 1.54) is 16.7 Å². The molecule has 0 saturated heterocycles. The standard InChI is InChI=1S/C19H25NO/c1-15(2)20-13-18-11-7-8-12-19(18)14-21-16(3)17-9-5-4-6-10-17/h4-12,15-16,20H,13-14H2,1-3H3. The summed E-state index contributed by atoms with van der Waals surface area (Å²) in [5.74, 6) is 0. The molecule has 2 heteroatoms. The van der Waals surface area contributed by atoms with Crippen LogP contribution in [0.25, 0.3) is 0 Å². The van der Waals surface area contributed by atoms with Gasteiger partial charge in [-0.25, -0.2) is 0 Å². The van der Waals surface area contributed by atoms with Gasteiger partial charge in [-0.15, -0.1) is 0 Å². The van der Waals surface area contributed by atoms with Crippen LogP contribution in [0.4, 0.5) is 0 Å². The zero-order valence-electron chi connectivity index (χ0n) is 13.2. The molecule has 1 atom stereocenters. The maximum absolute atomic E-state index is 6.03. The summed E-state index contributed by atoms with van der Waals surface area (Å²) in [6, 6.07) is 19.3. The van der Waals surface area contributed by atoms with Crippen LogP contribution < -0.4 is 5.32 Å². The largest absolute Gasteiger partial charge is 0.369 e. The fraction of sp³-hybridized carbons (Fsp3) is 0.368. The molecule has 0 bridgehead atoms. The Hall–Kier alpha value is -1.64. The van der Waals surface area contributed by atoms with E-state index in [1.54, 1.807) is 0 Å². The predicted octanol–water partition coefficient (Wildman–Crippen LogP) is 4.46. The highest BCUT2D eigenvalue weighted by molar-refractivity contribution is 5.26. The van der Waals surface area contributed by atoms with Crippen LogP contribution in [0.3, 0.4) is 0 Å². The van der Waals surface area contributed by atoms with Crippen molar-refractivity contribution in [2.24, 2.45) is 0 Å². The number of hydrogen-bond donors (Lipinski definition) is 1. The van der Waals surface area contributed by atoms with Gasteiger partial charge in [-0.3, -0.25) is 0 Å². The van der Waals surface area contributed by atoms with Crippen molar-refractivity contribution in [3.8, 4) is 0 Å². The fourth-order valence-electron chi connectivity index (χ4n) is 2.22. The minimum atomic E-state index is 0.109. The Balaban J connectivity index is 1.96. The van der Waals surface area contributed by atoms with Crippen molar-refractivity contribution in [1.29, 1.82) is 0 Å². The SMILES string of the molecule is CC(C)NCc1ccccc1COC(C)c1ccccc1. The van der Waals surface area contributed by atoms with Crippen molar-refractivity contribution >= 4 is 0 Å². The number of rotatable bonds is 7. The lowest BCUT2D eigenvalue weighted by Gasteiger charge is -2.16. The zero-order chi connectivity index (χ0) is 15.1. The van der Waals surface area contributed by atoms with Crippen LogP contribution in [0.2, 0.25) is 0 Å². The van der Waals surface area contributed by atoms with Crippen molar-refractivity contribution in [2.45, 2.75) is 46.1 Å². The molecule has 21 heavy (non-hydrogen) atoms. The lowest BCUT2D eigenvalue weighted by molar-refractivity contribution is 0.0521. The summed E-state index contributed by atoms with van der Waals surface area (Å²) in [5, 5.41) is 3.47. The molecular formula is C19H25NO. The van der Waals surface area contributed by atoms with Crippen LogP contribution in [-0.4, -0.2) is 6.04 Å². The molecule has 112 valence electrons. The molecule has 0 heterocycles. The van der Waals surface area contributed by atoms with Gasteiger partial charge in [0.05, 0.1) is 12.7 Å². The average molecular weight is 283 g/mol. The molecule has 2 nitrogen and oxygen atoms in total. The Morgan fingerprint density at radius 2 is 1.48 bits per heavy atom. The van der Waals surface area contributed by atoms with Gasteiger partial charge in [0.25, 0.3) is 0 Å². The monoisotopic (exact) mass is 283 g/mol. The first-order valence-corrected chi connectivity index (χ1v) is 7.63. The molecule has 0 aromatic heterocycles. The predicted molar refractivity (Wildman–Crippen MR) is 88.1 cm³/mol. The molecule has 0 fully saturated rings. The van der Waals surface area contributed by atoms with E-state index in [-0.39, 0.29) is 6.10 Å². The maximum atomic E-state index is 6.03. The first-order chi connectivity index (χ1) is 10.2. The Kier molecular flexibility index (Phi) is 5.97. The summed E-state index contributed by atoms with van der Waals surface area (Å²) in [4.78, 5) is 0. The number of benzene rings is 2. The van der Waals surface area contributed by atoms with Crippen molar-refractivity contribution in [3.05, 3.63) is 71.3 Å². The van der Waals surface area contributed by atoms with Crippen LogP contribution in [-0.2, 0) is 17.9 Å². The molecule has 0 saturated carbocycles. The lowest BCUT2D eigenvalue weighted by Crippen LogP contribution is -2.22. The summed E-state index contributed by atoms with van der Waals surface area (Å²) in [7, 11) is 0. The molecule has 0 aliphatic heterocycles. The summed E-state index contributed by atoms with van der Waals surface area (Å²) < 4.78 is 6.03. The van der Waals surface area contributed by atoms with Crippen LogP contribution in [0.15, 0.2) is 54.6 Å². The molecule has 0 radical (unpaired) electrons. The highest BCUT2D eigenvalue weighted by Crippen LogP contribution is 2.19. The third kappa shape index (κ3) is 5.00. The molecule has 0 spiro atoms. The van der Waals surface area contributed by atoms with Crippen LogP contribution in [0, 0.1) is 0 Å².